The van der Waals surface area contributed by atoms with E-state index in [2.05, 4.69) is 49.3 Å². The van der Waals surface area contributed by atoms with E-state index in [-0.39, 0.29) is 0 Å². The van der Waals surface area contributed by atoms with Gasteiger partial charge in [-0.3, -0.25) is 0 Å². The Hall–Kier alpha value is -0.650. The van der Waals surface area contributed by atoms with Crippen LogP contribution in [0.3, 0.4) is 0 Å². The standard InChI is InChI=1S/C14H18BrN3S/c15-11-4-5-13-12(10-11)17-14(19-13)16-6-9-18-7-2-1-3-8-18/h4-5,10H,1-3,6-9H2,(H,16,17). The van der Waals surface area contributed by atoms with Crippen molar-refractivity contribution in [1.29, 1.82) is 0 Å². The number of fused-ring (bicyclic) bond motifs is 1. The first-order valence-corrected chi connectivity index (χ1v) is 8.44. The van der Waals surface area contributed by atoms with Crippen LogP contribution < -0.4 is 5.32 Å². The van der Waals surface area contributed by atoms with Crippen molar-refractivity contribution in [2.75, 3.05) is 31.5 Å². The molecule has 2 heterocycles. The van der Waals surface area contributed by atoms with E-state index in [1.165, 1.54) is 37.1 Å². The zero-order valence-electron chi connectivity index (χ0n) is 10.9. The van der Waals surface area contributed by atoms with Gasteiger partial charge in [-0.25, -0.2) is 4.98 Å². The third kappa shape index (κ3) is 3.46. The largest absolute Gasteiger partial charge is 0.360 e. The summed E-state index contributed by atoms with van der Waals surface area (Å²) in [7, 11) is 0. The van der Waals surface area contributed by atoms with Gasteiger partial charge in [0.2, 0.25) is 0 Å². The molecule has 1 N–H and O–H groups in total. The molecular weight excluding hydrogens is 322 g/mol. The lowest BCUT2D eigenvalue weighted by Crippen LogP contribution is -2.33. The smallest absolute Gasteiger partial charge is 0.183 e. The van der Waals surface area contributed by atoms with Crippen LogP contribution in [-0.2, 0) is 0 Å². The molecule has 1 aromatic heterocycles. The second kappa shape index (κ2) is 6.20. The van der Waals surface area contributed by atoms with Gasteiger partial charge in [0.05, 0.1) is 10.2 Å². The summed E-state index contributed by atoms with van der Waals surface area (Å²) in [6.07, 6.45) is 4.11. The average molecular weight is 340 g/mol. The van der Waals surface area contributed by atoms with Crippen molar-refractivity contribution in [3.8, 4) is 0 Å². The van der Waals surface area contributed by atoms with E-state index in [4.69, 9.17) is 0 Å². The fraction of sp³-hybridized carbons (Fsp3) is 0.500. The Morgan fingerprint density at radius 3 is 2.95 bits per heavy atom. The first-order valence-electron chi connectivity index (χ1n) is 6.83. The van der Waals surface area contributed by atoms with Crippen molar-refractivity contribution >= 4 is 42.6 Å². The molecule has 1 saturated heterocycles. The van der Waals surface area contributed by atoms with Gasteiger partial charge in [0.1, 0.15) is 0 Å². The molecule has 0 bridgehead atoms. The minimum atomic E-state index is 0.987. The van der Waals surface area contributed by atoms with Gasteiger partial charge in [0.15, 0.2) is 5.13 Å². The topological polar surface area (TPSA) is 28.2 Å². The molecule has 19 heavy (non-hydrogen) atoms. The summed E-state index contributed by atoms with van der Waals surface area (Å²) in [6.45, 7) is 4.63. The van der Waals surface area contributed by atoms with Gasteiger partial charge in [-0.15, -0.1) is 0 Å². The molecule has 0 unspecified atom stereocenters. The lowest BCUT2D eigenvalue weighted by atomic mass is 10.1. The first-order chi connectivity index (χ1) is 9.31. The van der Waals surface area contributed by atoms with E-state index in [1.54, 1.807) is 11.3 Å². The van der Waals surface area contributed by atoms with Crippen molar-refractivity contribution in [2.45, 2.75) is 19.3 Å². The van der Waals surface area contributed by atoms with Crippen LogP contribution in [-0.4, -0.2) is 36.1 Å². The van der Waals surface area contributed by atoms with E-state index in [1.807, 2.05) is 0 Å². The third-order valence-electron chi connectivity index (χ3n) is 3.50. The zero-order chi connectivity index (χ0) is 13.1. The highest BCUT2D eigenvalue weighted by Crippen LogP contribution is 2.27. The molecule has 3 rings (SSSR count). The summed E-state index contributed by atoms with van der Waals surface area (Å²) in [5.74, 6) is 0. The zero-order valence-corrected chi connectivity index (χ0v) is 13.3. The fourth-order valence-electron chi connectivity index (χ4n) is 2.48. The molecular formula is C14H18BrN3S. The van der Waals surface area contributed by atoms with Crippen LogP contribution in [0.25, 0.3) is 10.2 Å². The van der Waals surface area contributed by atoms with Crippen LogP contribution in [0.15, 0.2) is 22.7 Å². The molecule has 5 heteroatoms. The molecule has 0 saturated carbocycles. The van der Waals surface area contributed by atoms with Crippen molar-refractivity contribution in [3.63, 3.8) is 0 Å². The maximum Gasteiger partial charge on any atom is 0.183 e. The maximum absolute atomic E-state index is 4.62. The molecule has 0 atom stereocenters. The summed E-state index contributed by atoms with van der Waals surface area (Å²) in [4.78, 5) is 7.16. The Balaban J connectivity index is 1.56. The Kier molecular flexibility index (Phi) is 4.35. The SMILES string of the molecule is Brc1ccc2sc(NCCN3CCCCC3)nc2c1. The number of likely N-dealkylation sites (tertiary alicyclic amines) is 1. The van der Waals surface area contributed by atoms with Crippen molar-refractivity contribution in [3.05, 3.63) is 22.7 Å². The number of halogens is 1. The van der Waals surface area contributed by atoms with Crippen molar-refractivity contribution in [2.24, 2.45) is 0 Å². The summed E-state index contributed by atoms with van der Waals surface area (Å²) in [6, 6.07) is 6.26. The van der Waals surface area contributed by atoms with Gasteiger partial charge >= 0.3 is 0 Å². The molecule has 0 radical (unpaired) electrons. The van der Waals surface area contributed by atoms with Crippen LogP contribution in [0.2, 0.25) is 0 Å². The van der Waals surface area contributed by atoms with Gasteiger partial charge in [-0.1, -0.05) is 33.7 Å². The van der Waals surface area contributed by atoms with E-state index >= 15 is 0 Å². The summed E-state index contributed by atoms with van der Waals surface area (Å²) < 4.78 is 2.33. The number of benzene rings is 1. The monoisotopic (exact) mass is 339 g/mol. The van der Waals surface area contributed by atoms with Gasteiger partial charge < -0.3 is 10.2 Å². The van der Waals surface area contributed by atoms with E-state index < -0.39 is 0 Å². The van der Waals surface area contributed by atoms with E-state index in [0.29, 0.717) is 0 Å². The fourth-order valence-corrected chi connectivity index (χ4v) is 3.70. The van der Waals surface area contributed by atoms with Crippen LogP contribution in [0.5, 0.6) is 0 Å². The van der Waals surface area contributed by atoms with Gasteiger partial charge in [0.25, 0.3) is 0 Å². The molecule has 1 fully saturated rings. The molecule has 1 aliphatic rings. The summed E-state index contributed by atoms with van der Waals surface area (Å²) >= 11 is 5.21. The molecule has 0 spiro atoms. The first kappa shape index (κ1) is 13.3. The lowest BCUT2D eigenvalue weighted by molar-refractivity contribution is 0.237. The lowest BCUT2D eigenvalue weighted by Gasteiger charge is -2.26. The Morgan fingerprint density at radius 1 is 1.26 bits per heavy atom. The van der Waals surface area contributed by atoms with Gasteiger partial charge in [-0.05, 0) is 44.1 Å². The summed E-state index contributed by atoms with van der Waals surface area (Å²) in [5, 5.41) is 4.48. The second-order valence-corrected chi connectivity index (χ2v) is 6.91. The van der Waals surface area contributed by atoms with Crippen LogP contribution in [0.4, 0.5) is 5.13 Å². The van der Waals surface area contributed by atoms with Crippen LogP contribution in [0.1, 0.15) is 19.3 Å². The highest BCUT2D eigenvalue weighted by atomic mass is 79.9. The molecule has 1 aliphatic heterocycles. The number of anilines is 1. The molecule has 0 amide bonds. The maximum atomic E-state index is 4.62. The predicted molar refractivity (Wildman–Crippen MR) is 86.1 cm³/mol. The second-order valence-electron chi connectivity index (χ2n) is 4.96. The predicted octanol–water partition coefficient (Wildman–Crippen LogP) is 3.96. The third-order valence-corrected chi connectivity index (χ3v) is 4.99. The van der Waals surface area contributed by atoms with Gasteiger partial charge in [0, 0.05) is 17.6 Å². The van der Waals surface area contributed by atoms with Crippen molar-refractivity contribution < 1.29 is 0 Å². The molecule has 2 aromatic rings. The number of aromatic nitrogens is 1. The minimum Gasteiger partial charge on any atom is -0.360 e. The molecule has 0 aliphatic carbocycles. The van der Waals surface area contributed by atoms with E-state index in [9.17, 15) is 0 Å². The van der Waals surface area contributed by atoms with E-state index in [0.717, 1.165) is 28.2 Å². The molecule has 1 aromatic carbocycles. The number of piperidine rings is 1. The number of thiazole rings is 1. The Labute approximate surface area is 126 Å². The average Bonchev–Trinajstić information content (AvgIpc) is 2.82. The number of nitrogens with one attached hydrogen (secondary N) is 1. The number of hydrogen-bond donors (Lipinski definition) is 1. The summed E-state index contributed by atoms with van der Waals surface area (Å²) in [5.41, 5.74) is 1.07. The normalized spacial score (nSPS) is 16.9. The minimum absolute atomic E-state index is 0.987. The highest BCUT2D eigenvalue weighted by Gasteiger charge is 2.09. The van der Waals surface area contributed by atoms with Gasteiger partial charge in [-0.2, -0.15) is 0 Å². The molecule has 3 nitrogen and oxygen atoms in total. The van der Waals surface area contributed by atoms with Crippen LogP contribution >= 0.6 is 27.3 Å². The highest BCUT2D eigenvalue weighted by molar-refractivity contribution is 9.10. The number of nitrogens with zero attached hydrogens (tertiary/aromatic N) is 2. The van der Waals surface area contributed by atoms with Crippen LogP contribution in [0, 0.1) is 0 Å². The Morgan fingerprint density at radius 2 is 2.11 bits per heavy atom. The molecule has 102 valence electrons. The quantitative estimate of drug-likeness (QED) is 0.913. The number of rotatable bonds is 4. The number of hydrogen-bond acceptors (Lipinski definition) is 4. The van der Waals surface area contributed by atoms with Crippen molar-refractivity contribution in [1.82, 2.24) is 9.88 Å². The Bertz CT molecular complexity index is 549.